The zero-order chi connectivity index (χ0) is 24.1. The quantitative estimate of drug-likeness (QED) is 0.509. The number of hydrogen-bond acceptors (Lipinski definition) is 4. The predicted octanol–water partition coefficient (Wildman–Crippen LogP) is 4.56. The summed E-state index contributed by atoms with van der Waals surface area (Å²) in [6.45, 7) is 6.90. The van der Waals surface area contributed by atoms with Gasteiger partial charge in [0.1, 0.15) is 0 Å². The first-order valence-electron chi connectivity index (χ1n) is 12.6. The third-order valence-electron chi connectivity index (χ3n) is 7.01. The van der Waals surface area contributed by atoms with Crippen molar-refractivity contribution in [2.24, 2.45) is 5.92 Å². The Morgan fingerprint density at radius 3 is 2.34 bits per heavy atom. The average Bonchev–Trinajstić information content (AvgIpc) is 3.47. The number of hydrogen-bond donors (Lipinski definition) is 1. The minimum absolute atomic E-state index is 0. The van der Waals surface area contributed by atoms with Crippen molar-refractivity contribution in [3.05, 3.63) is 64.7 Å². The molecule has 1 heterocycles. The third-order valence-corrected chi connectivity index (χ3v) is 7.01. The van der Waals surface area contributed by atoms with Crippen molar-refractivity contribution in [3.8, 4) is 0 Å². The van der Waals surface area contributed by atoms with E-state index >= 15 is 0 Å². The van der Waals surface area contributed by atoms with Gasteiger partial charge in [-0.25, -0.2) is 5.01 Å². The Bertz CT molecular complexity index is 994. The number of rotatable bonds is 10. The van der Waals surface area contributed by atoms with Crippen molar-refractivity contribution in [1.82, 2.24) is 15.3 Å². The lowest BCUT2D eigenvalue weighted by Gasteiger charge is -2.32. The number of anilines is 1. The Morgan fingerprint density at radius 1 is 0.971 bits per heavy atom. The molecule has 1 aliphatic carbocycles. The number of benzene rings is 2. The molecule has 2 amide bonds. The van der Waals surface area contributed by atoms with E-state index < -0.39 is 0 Å². The maximum atomic E-state index is 13.4. The van der Waals surface area contributed by atoms with Gasteiger partial charge in [0.25, 0.3) is 5.91 Å². The average molecular weight is 479 g/mol. The van der Waals surface area contributed by atoms with E-state index in [2.05, 4.69) is 54.5 Å². The summed E-state index contributed by atoms with van der Waals surface area (Å²) < 4.78 is 0. The Labute approximate surface area is 211 Å². The molecular formula is C29H42N4O2. The molecule has 0 saturated carbocycles. The zero-order valence-corrected chi connectivity index (χ0v) is 20.8. The highest BCUT2D eigenvalue weighted by molar-refractivity contribution is 5.87. The molecule has 190 valence electrons. The maximum absolute atomic E-state index is 13.4. The highest BCUT2D eigenvalue weighted by atomic mass is 16.2. The molecule has 0 atom stereocenters. The van der Waals surface area contributed by atoms with E-state index in [4.69, 9.17) is 0 Å². The molecule has 2 aromatic rings. The van der Waals surface area contributed by atoms with Gasteiger partial charge >= 0.3 is 0 Å². The maximum Gasteiger partial charge on any atom is 0.256 e. The molecule has 0 saturated heterocycles. The van der Waals surface area contributed by atoms with E-state index in [1.165, 1.54) is 22.3 Å². The van der Waals surface area contributed by atoms with E-state index in [9.17, 15) is 9.59 Å². The molecule has 0 aromatic heterocycles. The van der Waals surface area contributed by atoms with Gasteiger partial charge in [0, 0.05) is 32.4 Å². The van der Waals surface area contributed by atoms with E-state index in [-0.39, 0.29) is 32.3 Å². The topological polar surface area (TPSA) is 55.9 Å². The first-order chi connectivity index (χ1) is 16.4. The summed E-state index contributed by atoms with van der Waals surface area (Å²) in [6.07, 6.45) is 5.27. The fourth-order valence-corrected chi connectivity index (χ4v) is 5.04. The SMILES string of the molecule is C.CC(C)CCCNC(=O)CN(CC(=O)N(C)N1Cc2ccccc2C1)c1cccc2c1CCC2. The Morgan fingerprint density at radius 2 is 1.66 bits per heavy atom. The van der Waals surface area contributed by atoms with Crippen LogP contribution in [0, 0.1) is 5.92 Å². The Hall–Kier alpha value is -2.86. The lowest BCUT2D eigenvalue weighted by atomic mass is 10.1. The van der Waals surface area contributed by atoms with Crippen LogP contribution in [0.25, 0.3) is 0 Å². The van der Waals surface area contributed by atoms with Crippen LogP contribution in [0.5, 0.6) is 0 Å². The van der Waals surface area contributed by atoms with Gasteiger partial charge in [-0.1, -0.05) is 57.7 Å². The highest BCUT2D eigenvalue weighted by Gasteiger charge is 2.28. The standard InChI is InChI=1S/C28H38N4O2.CH4/c1-21(2)9-8-16-29-27(33)19-31(26-15-7-13-22-12-6-14-25(22)26)20-28(34)30(3)32-17-23-10-4-5-11-24(23)18-32;/h4-5,7,10-11,13,15,21H,6,8-9,12,14,16-20H2,1-3H3,(H,29,33);1H4. The molecule has 6 heteroatoms. The second kappa shape index (κ2) is 12.2. The van der Waals surface area contributed by atoms with E-state index in [1.807, 2.05) is 24.1 Å². The normalized spacial score (nSPS) is 14.3. The van der Waals surface area contributed by atoms with Crippen molar-refractivity contribution in [1.29, 1.82) is 0 Å². The van der Waals surface area contributed by atoms with Crippen molar-refractivity contribution >= 4 is 17.5 Å². The van der Waals surface area contributed by atoms with Crippen LogP contribution in [0.4, 0.5) is 5.69 Å². The van der Waals surface area contributed by atoms with Crippen LogP contribution in [0.15, 0.2) is 42.5 Å². The predicted molar refractivity (Wildman–Crippen MR) is 143 cm³/mol. The number of hydrazine groups is 1. The summed E-state index contributed by atoms with van der Waals surface area (Å²) in [5.41, 5.74) is 6.19. The van der Waals surface area contributed by atoms with Gasteiger partial charge < -0.3 is 10.2 Å². The van der Waals surface area contributed by atoms with Crippen LogP contribution in [0.2, 0.25) is 0 Å². The first kappa shape index (κ1) is 26.7. The summed E-state index contributed by atoms with van der Waals surface area (Å²) in [7, 11) is 1.84. The second-order valence-corrected chi connectivity index (χ2v) is 10.0. The number of carbonyl (C=O) groups excluding carboxylic acids is 2. The molecule has 0 spiro atoms. The first-order valence-corrected chi connectivity index (χ1v) is 12.6. The van der Waals surface area contributed by atoms with Crippen LogP contribution in [0.3, 0.4) is 0 Å². The smallest absolute Gasteiger partial charge is 0.256 e. The van der Waals surface area contributed by atoms with Gasteiger partial charge in [-0.15, -0.1) is 0 Å². The fraction of sp³-hybridized carbons (Fsp3) is 0.517. The summed E-state index contributed by atoms with van der Waals surface area (Å²) in [6, 6.07) is 14.6. The van der Waals surface area contributed by atoms with Crippen molar-refractivity contribution < 1.29 is 9.59 Å². The van der Waals surface area contributed by atoms with Crippen LogP contribution < -0.4 is 10.2 Å². The van der Waals surface area contributed by atoms with Gasteiger partial charge in [-0.05, 0) is 66.3 Å². The number of carbonyl (C=O) groups is 2. The number of aryl methyl sites for hydroxylation is 1. The van der Waals surface area contributed by atoms with Crippen molar-refractivity contribution in [2.75, 3.05) is 31.6 Å². The molecule has 0 unspecified atom stereocenters. The lowest BCUT2D eigenvalue weighted by molar-refractivity contribution is -0.145. The molecule has 0 radical (unpaired) electrons. The fourth-order valence-electron chi connectivity index (χ4n) is 5.04. The molecule has 0 fully saturated rings. The van der Waals surface area contributed by atoms with Crippen LogP contribution in [-0.2, 0) is 35.5 Å². The number of nitrogens with zero attached hydrogens (tertiary/aromatic N) is 3. The number of amides is 2. The highest BCUT2D eigenvalue weighted by Crippen LogP contribution is 2.31. The van der Waals surface area contributed by atoms with Gasteiger partial charge in [0.2, 0.25) is 5.91 Å². The number of likely N-dealkylation sites (N-methyl/N-ethyl adjacent to an activating group) is 1. The van der Waals surface area contributed by atoms with Crippen molar-refractivity contribution in [2.45, 2.75) is 66.5 Å². The van der Waals surface area contributed by atoms with E-state index in [1.54, 1.807) is 5.01 Å². The van der Waals surface area contributed by atoms with Crippen LogP contribution in [0.1, 0.15) is 62.8 Å². The molecule has 1 aliphatic heterocycles. The summed E-state index contributed by atoms with van der Waals surface area (Å²) in [4.78, 5) is 28.2. The second-order valence-electron chi connectivity index (χ2n) is 10.0. The molecule has 6 nitrogen and oxygen atoms in total. The molecule has 0 bridgehead atoms. The van der Waals surface area contributed by atoms with Crippen LogP contribution in [-0.4, -0.2) is 48.5 Å². The zero-order valence-electron chi connectivity index (χ0n) is 20.8. The van der Waals surface area contributed by atoms with Gasteiger partial charge in [0.15, 0.2) is 0 Å². The number of nitrogens with one attached hydrogen (secondary N) is 1. The Kier molecular flexibility index (Phi) is 9.33. The van der Waals surface area contributed by atoms with Crippen LogP contribution >= 0.6 is 0 Å². The molecular weight excluding hydrogens is 436 g/mol. The number of fused-ring (bicyclic) bond motifs is 2. The van der Waals surface area contributed by atoms with E-state index in [0.29, 0.717) is 12.5 Å². The van der Waals surface area contributed by atoms with Gasteiger partial charge in [-0.2, -0.15) is 0 Å². The minimum atomic E-state index is -0.0246. The molecule has 4 rings (SSSR count). The third kappa shape index (κ3) is 6.63. The van der Waals surface area contributed by atoms with E-state index in [0.717, 1.165) is 50.9 Å². The lowest BCUT2D eigenvalue weighted by Crippen LogP contribution is -2.48. The van der Waals surface area contributed by atoms with Gasteiger partial charge in [-0.3, -0.25) is 14.6 Å². The van der Waals surface area contributed by atoms with Gasteiger partial charge in [0.05, 0.1) is 13.1 Å². The molecule has 2 aliphatic rings. The van der Waals surface area contributed by atoms with Crippen molar-refractivity contribution in [3.63, 3.8) is 0 Å². The summed E-state index contributed by atoms with van der Waals surface area (Å²) in [5.74, 6) is 0.601. The largest absolute Gasteiger partial charge is 0.355 e. The summed E-state index contributed by atoms with van der Waals surface area (Å²) >= 11 is 0. The molecule has 2 aromatic carbocycles. The Balaban J connectivity index is 0.00000342. The minimum Gasteiger partial charge on any atom is -0.355 e. The monoisotopic (exact) mass is 478 g/mol. The summed E-state index contributed by atoms with van der Waals surface area (Å²) in [5, 5.41) is 6.87. The molecule has 35 heavy (non-hydrogen) atoms. The molecule has 1 N–H and O–H groups in total.